The highest BCUT2D eigenvalue weighted by Gasteiger charge is 2.40. The minimum atomic E-state index is -0.837. The third kappa shape index (κ3) is 3.48. The Morgan fingerprint density at radius 1 is 1.25 bits per heavy atom. The number of carbonyl (C=O) groups excluding carboxylic acids is 1. The zero-order valence-corrected chi connectivity index (χ0v) is 13.4. The Hall–Kier alpha value is -2.63. The van der Waals surface area contributed by atoms with Crippen LogP contribution in [0.3, 0.4) is 0 Å². The molecule has 126 valence electrons. The van der Waals surface area contributed by atoms with Gasteiger partial charge in [0.2, 0.25) is 5.91 Å². The quantitative estimate of drug-likeness (QED) is 0.883. The fourth-order valence-corrected chi connectivity index (χ4v) is 3.38. The maximum atomic E-state index is 12.5. The number of amides is 1. The van der Waals surface area contributed by atoms with Gasteiger partial charge in [-0.3, -0.25) is 9.59 Å². The number of likely N-dealkylation sites (tertiary alicyclic amines) is 1. The topological polar surface area (TPSA) is 75.4 Å². The first kappa shape index (κ1) is 16.2. The lowest BCUT2D eigenvalue weighted by Crippen LogP contribution is -2.45. The van der Waals surface area contributed by atoms with E-state index in [2.05, 4.69) is 4.98 Å². The SMILES string of the molecule is O=C(O)C1CCC(=O)N(CCCn2ccnc2)C1c1ccccc1. The molecule has 0 aliphatic carbocycles. The molecule has 6 heteroatoms. The van der Waals surface area contributed by atoms with E-state index in [-0.39, 0.29) is 5.91 Å². The van der Waals surface area contributed by atoms with E-state index in [1.807, 2.05) is 41.1 Å². The predicted octanol–water partition coefficient (Wildman–Crippen LogP) is 2.34. The van der Waals surface area contributed by atoms with Crippen molar-refractivity contribution in [2.45, 2.75) is 31.8 Å². The van der Waals surface area contributed by atoms with Gasteiger partial charge in [0.05, 0.1) is 18.3 Å². The van der Waals surface area contributed by atoms with Gasteiger partial charge in [-0.1, -0.05) is 30.3 Å². The summed E-state index contributed by atoms with van der Waals surface area (Å²) in [4.78, 5) is 29.9. The van der Waals surface area contributed by atoms with Crippen LogP contribution in [-0.2, 0) is 16.1 Å². The Labute approximate surface area is 140 Å². The molecule has 2 aromatic rings. The minimum absolute atomic E-state index is 0.0342. The van der Waals surface area contributed by atoms with Gasteiger partial charge in [-0.25, -0.2) is 4.98 Å². The van der Waals surface area contributed by atoms with Crippen molar-refractivity contribution < 1.29 is 14.7 Å². The van der Waals surface area contributed by atoms with Crippen molar-refractivity contribution in [3.05, 3.63) is 54.6 Å². The number of rotatable bonds is 6. The van der Waals surface area contributed by atoms with Crippen LogP contribution in [0.1, 0.15) is 30.9 Å². The van der Waals surface area contributed by atoms with E-state index < -0.39 is 17.9 Å². The molecule has 24 heavy (non-hydrogen) atoms. The summed E-state index contributed by atoms with van der Waals surface area (Å²) in [6.45, 7) is 1.30. The molecule has 1 aromatic carbocycles. The minimum Gasteiger partial charge on any atom is -0.481 e. The number of carbonyl (C=O) groups is 2. The van der Waals surface area contributed by atoms with Gasteiger partial charge in [0, 0.05) is 31.9 Å². The first-order chi connectivity index (χ1) is 11.7. The fraction of sp³-hybridized carbons (Fsp3) is 0.389. The molecule has 2 atom stereocenters. The Morgan fingerprint density at radius 3 is 2.71 bits per heavy atom. The molecule has 0 radical (unpaired) electrons. The molecule has 1 amide bonds. The number of aromatic nitrogens is 2. The van der Waals surface area contributed by atoms with Crippen LogP contribution in [0.5, 0.6) is 0 Å². The maximum absolute atomic E-state index is 12.5. The lowest BCUT2D eigenvalue weighted by Gasteiger charge is -2.40. The van der Waals surface area contributed by atoms with Gasteiger partial charge in [-0.15, -0.1) is 0 Å². The Morgan fingerprint density at radius 2 is 2.04 bits per heavy atom. The number of piperidine rings is 1. The number of nitrogens with zero attached hydrogens (tertiary/aromatic N) is 3. The Bertz CT molecular complexity index is 685. The molecule has 2 heterocycles. The van der Waals surface area contributed by atoms with Gasteiger partial charge < -0.3 is 14.6 Å². The zero-order valence-electron chi connectivity index (χ0n) is 13.4. The summed E-state index contributed by atoms with van der Waals surface area (Å²) in [6, 6.07) is 9.08. The van der Waals surface area contributed by atoms with Crippen molar-refractivity contribution in [3.63, 3.8) is 0 Å². The molecule has 6 nitrogen and oxygen atoms in total. The average Bonchev–Trinajstić information content (AvgIpc) is 3.10. The van der Waals surface area contributed by atoms with Crippen LogP contribution in [0.15, 0.2) is 49.1 Å². The van der Waals surface area contributed by atoms with Crippen LogP contribution < -0.4 is 0 Å². The van der Waals surface area contributed by atoms with E-state index in [0.29, 0.717) is 19.4 Å². The van der Waals surface area contributed by atoms with Gasteiger partial charge in [-0.2, -0.15) is 0 Å². The Kier molecular flexibility index (Phi) is 4.93. The molecule has 0 saturated carbocycles. The highest BCUT2D eigenvalue weighted by atomic mass is 16.4. The van der Waals surface area contributed by atoms with E-state index in [4.69, 9.17) is 0 Å². The van der Waals surface area contributed by atoms with Gasteiger partial charge in [0.15, 0.2) is 0 Å². The summed E-state index contributed by atoms with van der Waals surface area (Å²) in [5.74, 6) is -1.36. The Balaban J connectivity index is 1.78. The highest BCUT2D eigenvalue weighted by molar-refractivity contribution is 5.81. The summed E-state index contributed by atoms with van der Waals surface area (Å²) in [5, 5.41) is 9.60. The molecular weight excluding hydrogens is 306 g/mol. The summed E-state index contributed by atoms with van der Waals surface area (Å²) < 4.78 is 1.96. The standard InChI is InChI=1S/C18H21N3O3/c22-16-8-7-15(18(23)24)17(14-5-2-1-3-6-14)21(16)11-4-10-20-12-9-19-13-20/h1-3,5-6,9,12-13,15,17H,4,7-8,10-11H2,(H,23,24). The van der Waals surface area contributed by atoms with E-state index in [9.17, 15) is 14.7 Å². The number of carboxylic acid groups (broad SMARTS) is 1. The van der Waals surface area contributed by atoms with Crippen molar-refractivity contribution in [2.75, 3.05) is 6.54 Å². The third-order valence-electron chi connectivity index (χ3n) is 4.54. The van der Waals surface area contributed by atoms with Crippen molar-refractivity contribution in [3.8, 4) is 0 Å². The molecular formula is C18H21N3O3. The second-order valence-corrected chi connectivity index (χ2v) is 6.08. The van der Waals surface area contributed by atoms with Crippen molar-refractivity contribution in [2.24, 2.45) is 5.92 Å². The van der Waals surface area contributed by atoms with Gasteiger partial charge in [0.25, 0.3) is 0 Å². The molecule has 1 aliphatic rings. The number of hydrogen-bond donors (Lipinski definition) is 1. The summed E-state index contributed by atoms with van der Waals surface area (Å²) in [5.41, 5.74) is 0.889. The number of aryl methyl sites for hydroxylation is 1. The van der Waals surface area contributed by atoms with E-state index in [1.165, 1.54) is 0 Å². The zero-order chi connectivity index (χ0) is 16.9. The second-order valence-electron chi connectivity index (χ2n) is 6.08. The molecule has 1 fully saturated rings. The number of benzene rings is 1. The average molecular weight is 327 g/mol. The number of carboxylic acids is 1. The van der Waals surface area contributed by atoms with E-state index in [0.717, 1.165) is 18.5 Å². The summed E-state index contributed by atoms with van der Waals surface area (Å²) >= 11 is 0. The molecule has 0 spiro atoms. The van der Waals surface area contributed by atoms with E-state index in [1.54, 1.807) is 17.4 Å². The van der Waals surface area contributed by atoms with Crippen LogP contribution in [0.2, 0.25) is 0 Å². The second kappa shape index (κ2) is 7.29. The summed E-state index contributed by atoms with van der Waals surface area (Å²) in [6.07, 6.45) is 6.80. The monoisotopic (exact) mass is 327 g/mol. The molecule has 0 bridgehead atoms. The summed E-state index contributed by atoms with van der Waals surface area (Å²) in [7, 11) is 0. The number of hydrogen-bond acceptors (Lipinski definition) is 3. The van der Waals surface area contributed by atoms with Crippen molar-refractivity contribution in [1.29, 1.82) is 0 Å². The fourth-order valence-electron chi connectivity index (χ4n) is 3.38. The molecule has 3 rings (SSSR count). The largest absolute Gasteiger partial charge is 0.481 e. The molecule has 2 unspecified atom stereocenters. The van der Waals surface area contributed by atoms with Crippen LogP contribution in [0.4, 0.5) is 0 Å². The molecule has 1 aliphatic heterocycles. The van der Waals surface area contributed by atoms with Crippen LogP contribution in [0.25, 0.3) is 0 Å². The third-order valence-corrected chi connectivity index (χ3v) is 4.54. The van der Waals surface area contributed by atoms with Gasteiger partial charge in [0.1, 0.15) is 0 Å². The maximum Gasteiger partial charge on any atom is 0.308 e. The lowest BCUT2D eigenvalue weighted by molar-refractivity contribution is -0.152. The molecule has 1 saturated heterocycles. The number of aliphatic carboxylic acids is 1. The number of imidazole rings is 1. The highest BCUT2D eigenvalue weighted by Crippen LogP contribution is 2.36. The lowest BCUT2D eigenvalue weighted by atomic mass is 9.84. The molecule has 1 aromatic heterocycles. The predicted molar refractivity (Wildman–Crippen MR) is 88.1 cm³/mol. The van der Waals surface area contributed by atoms with Gasteiger partial charge in [-0.05, 0) is 18.4 Å². The van der Waals surface area contributed by atoms with Crippen molar-refractivity contribution in [1.82, 2.24) is 14.5 Å². The van der Waals surface area contributed by atoms with Crippen LogP contribution >= 0.6 is 0 Å². The van der Waals surface area contributed by atoms with Crippen LogP contribution in [0, 0.1) is 5.92 Å². The first-order valence-corrected chi connectivity index (χ1v) is 8.20. The first-order valence-electron chi connectivity index (χ1n) is 8.20. The molecule has 1 N–H and O–H groups in total. The van der Waals surface area contributed by atoms with Crippen LogP contribution in [-0.4, -0.2) is 38.0 Å². The van der Waals surface area contributed by atoms with Gasteiger partial charge >= 0.3 is 5.97 Å². The normalized spacial score (nSPS) is 21.0. The smallest absolute Gasteiger partial charge is 0.308 e. The van der Waals surface area contributed by atoms with Crippen molar-refractivity contribution >= 4 is 11.9 Å². The van der Waals surface area contributed by atoms with E-state index >= 15 is 0 Å².